The SMILES string of the molecule is CC1CN(c2n[nH]c(-c3ccc4c(c3)OCO4)n2)CCN1. The first-order chi connectivity index (χ1) is 10.3. The Kier molecular flexibility index (Phi) is 2.92. The normalized spacial score (nSPS) is 20.8. The molecule has 0 radical (unpaired) electrons. The molecule has 1 unspecified atom stereocenters. The van der Waals surface area contributed by atoms with Crippen molar-refractivity contribution in [3.05, 3.63) is 18.2 Å². The highest BCUT2D eigenvalue weighted by atomic mass is 16.7. The molecule has 1 aromatic carbocycles. The van der Waals surface area contributed by atoms with Gasteiger partial charge in [-0.1, -0.05) is 0 Å². The summed E-state index contributed by atoms with van der Waals surface area (Å²) in [6.45, 7) is 5.23. The molecule has 4 rings (SSSR count). The first-order valence-corrected chi connectivity index (χ1v) is 7.10. The second kappa shape index (κ2) is 4.92. The lowest BCUT2D eigenvalue weighted by molar-refractivity contribution is 0.174. The van der Waals surface area contributed by atoms with Crippen LogP contribution in [0.2, 0.25) is 0 Å². The number of hydrogen-bond donors (Lipinski definition) is 2. The molecule has 0 aliphatic carbocycles. The quantitative estimate of drug-likeness (QED) is 0.858. The van der Waals surface area contributed by atoms with Crippen molar-refractivity contribution < 1.29 is 9.47 Å². The smallest absolute Gasteiger partial charge is 0.245 e. The van der Waals surface area contributed by atoms with Crippen LogP contribution in [0.4, 0.5) is 5.95 Å². The molecule has 110 valence electrons. The Morgan fingerprint density at radius 2 is 2.19 bits per heavy atom. The Balaban J connectivity index is 1.59. The zero-order valence-electron chi connectivity index (χ0n) is 11.8. The van der Waals surface area contributed by atoms with E-state index in [0.29, 0.717) is 6.04 Å². The molecular formula is C14H17N5O2. The molecule has 1 fully saturated rings. The number of aromatic amines is 1. The molecule has 3 heterocycles. The maximum absolute atomic E-state index is 5.39. The largest absolute Gasteiger partial charge is 0.454 e. The Morgan fingerprint density at radius 1 is 1.29 bits per heavy atom. The van der Waals surface area contributed by atoms with Crippen molar-refractivity contribution in [1.29, 1.82) is 0 Å². The van der Waals surface area contributed by atoms with Crippen molar-refractivity contribution in [1.82, 2.24) is 20.5 Å². The number of anilines is 1. The van der Waals surface area contributed by atoms with E-state index >= 15 is 0 Å². The van der Waals surface area contributed by atoms with Gasteiger partial charge >= 0.3 is 0 Å². The molecule has 7 nitrogen and oxygen atoms in total. The van der Waals surface area contributed by atoms with E-state index in [0.717, 1.165) is 48.5 Å². The summed E-state index contributed by atoms with van der Waals surface area (Å²) in [6.07, 6.45) is 0. The minimum Gasteiger partial charge on any atom is -0.454 e. The summed E-state index contributed by atoms with van der Waals surface area (Å²) in [4.78, 5) is 6.79. The maximum Gasteiger partial charge on any atom is 0.245 e. The Labute approximate surface area is 122 Å². The van der Waals surface area contributed by atoms with Crippen LogP contribution >= 0.6 is 0 Å². The monoisotopic (exact) mass is 287 g/mol. The fraction of sp³-hybridized carbons (Fsp3) is 0.429. The average Bonchev–Trinajstić information content (AvgIpc) is 3.15. The highest BCUT2D eigenvalue weighted by Gasteiger charge is 2.20. The molecule has 2 N–H and O–H groups in total. The van der Waals surface area contributed by atoms with E-state index in [1.54, 1.807) is 0 Å². The van der Waals surface area contributed by atoms with Gasteiger partial charge in [0.1, 0.15) is 0 Å². The number of benzene rings is 1. The lowest BCUT2D eigenvalue weighted by Gasteiger charge is -2.30. The topological polar surface area (TPSA) is 75.3 Å². The minimum absolute atomic E-state index is 0.277. The number of rotatable bonds is 2. The predicted octanol–water partition coefficient (Wildman–Crippen LogP) is 0.998. The molecular weight excluding hydrogens is 270 g/mol. The maximum atomic E-state index is 5.39. The van der Waals surface area contributed by atoms with E-state index < -0.39 is 0 Å². The molecule has 7 heteroatoms. The minimum atomic E-state index is 0.277. The standard InChI is InChI=1S/C14H17N5O2/c1-9-7-19(5-4-15-9)14-16-13(17-18-14)10-2-3-11-12(6-10)21-8-20-11/h2-3,6,9,15H,4-5,7-8H2,1H3,(H,16,17,18). The van der Waals surface area contributed by atoms with Crippen LogP contribution in [0.15, 0.2) is 18.2 Å². The summed E-state index contributed by atoms with van der Waals surface area (Å²) in [5.41, 5.74) is 0.946. The zero-order chi connectivity index (χ0) is 14.2. The summed E-state index contributed by atoms with van der Waals surface area (Å²) in [6, 6.07) is 6.23. The van der Waals surface area contributed by atoms with Crippen molar-refractivity contribution in [3.8, 4) is 22.9 Å². The highest BCUT2D eigenvalue weighted by Crippen LogP contribution is 2.35. The highest BCUT2D eigenvalue weighted by molar-refractivity contribution is 5.62. The van der Waals surface area contributed by atoms with Crippen LogP contribution in [0.5, 0.6) is 11.5 Å². The van der Waals surface area contributed by atoms with Crippen LogP contribution in [0, 0.1) is 0 Å². The summed E-state index contributed by atoms with van der Waals surface area (Å²) in [7, 11) is 0. The molecule has 21 heavy (non-hydrogen) atoms. The van der Waals surface area contributed by atoms with Crippen molar-refractivity contribution in [2.75, 3.05) is 31.3 Å². The van der Waals surface area contributed by atoms with Crippen LogP contribution in [-0.4, -0.2) is 47.7 Å². The lowest BCUT2D eigenvalue weighted by atomic mass is 10.2. The Morgan fingerprint density at radius 3 is 3.10 bits per heavy atom. The number of hydrogen-bond acceptors (Lipinski definition) is 6. The predicted molar refractivity (Wildman–Crippen MR) is 77.6 cm³/mol. The molecule has 0 saturated carbocycles. The second-order valence-corrected chi connectivity index (χ2v) is 5.35. The summed E-state index contributed by atoms with van der Waals surface area (Å²) < 4.78 is 10.7. The van der Waals surface area contributed by atoms with Gasteiger partial charge in [-0.3, -0.25) is 5.10 Å². The molecule has 2 aromatic rings. The molecule has 0 spiro atoms. The number of nitrogens with zero attached hydrogens (tertiary/aromatic N) is 3. The number of H-pyrrole nitrogens is 1. The number of aromatic nitrogens is 3. The lowest BCUT2D eigenvalue weighted by Crippen LogP contribution is -2.49. The molecule has 1 saturated heterocycles. The molecule has 0 amide bonds. The molecule has 1 aromatic heterocycles. The number of piperazine rings is 1. The van der Waals surface area contributed by atoms with E-state index in [9.17, 15) is 0 Å². The van der Waals surface area contributed by atoms with Gasteiger partial charge in [-0.2, -0.15) is 4.98 Å². The van der Waals surface area contributed by atoms with E-state index in [1.165, 1.54) is 0 Å². The third kappa shape index (κ3) is 2.29. The van der Waals surface area contributed by atoms with Gasteiger partial charge in [0.15, 0.2) is 17.3 Å². The zero-order valence-corrected chi connectivity index (χ0v) is 11.8. The fourth-order valence-corrected chi connectivity index (χ4v) is 2.68. The van der Waals surface area contributed by atoms with Crippen LogP contribution in [0.3, 0.4) is 0 Å². The van der Waals surface area contributed by atoms with Crippen molar-refractivity contribution in [3.63, 3.8) is 0 Å². The van der Waals surface area contributed by atoms with Gasteiger partial charge in [0, 0.05) is 31.2 Å². The summed E-state index contributed by atoms with van der Waals surface area (Å²) >= 11 is 0. The molecule has 2 aliphatic rings. The first kappa shape index (κ1) is 12.5. The van der Waals surface area contributed by atoms with Crippen LogP contribution in [0.1, 0.15) is 6.92 Å². The summed E-state index contributed by atoms with van der Waals surface area (Å²) in [5, 5.41) is 10.8. The first-order valence-electron chi connectivity index (χ1n) is 7.10. The molecule has 2 aliphatic heterocycles. The van der Waals surface area contributed by atoms with Gasteiger partial charge in [-0.25, -0.2) is 0 Å². The Hall–Kier alpha value is -2.28. The van der Waals surface area contributed by atoms with Gasteiger partial charge in [0.2, 0.25) is 12.7 Å². The average molecular weight is 287 g/mol. The van der Waals surface area contributed by atoms with Gasteiger partial charge in [-0.05, 0) is 25.1 Å². The van der Waals surface area contributed by atoms with Gasteiger partial charge in [0.25, 0.3) is 0 Å². The van der Waals surface area contributed by atoms with Gasteiger partial charge < -0.3 is 19.7 Å². The fourth-order valence-electron chi connectivity index (χ4n) is 2.68. The Bertz CT molecular complexity index is 657. The van der Waals surface area contributed by atoms with Crippen molar-refractivity contribution >= 4 is 5.95 Å². The van der Waals surface area contributed by atoms with Crippen LogP contribution < -0.4 is 19.7 Å². The third-order valence-corrected chi connectivity index (χ3v) is 3.77. The van der Waals surface area contributed by atoms with Crippen LogP contribution in [0.25, 0.3) is 11.4 Å². The van der Waals surface area contributed by atoms with E-state index in [4.69, 9.17) is 9.47 Å². The number of nitrogens with one attached hydrogen (secondary N) is 2. The third-order valence-electron chi connectivity index (χ3n) is 3.77. The van der Waals surface area contributed by atoms with E-state index in [-0.39, 0.29) is 6.79 Å². The van der Waals surface area contributed by atoms with Gasteiger partial charge in [0.05, 0.1) is 0 Å². The van der Waals surface area contributed by atoms with Crippen LogP contribution in [-0.2, 0) is 0 Å². The van der Waals surface area contributed by atoms with E-state index in [2.05, 4.69) is 32.3 Å². The second-order valence-electron chi connectivity index (χ2n) is 5.35. The van der Waals surface area contributed by atoms with Crippen molar-refractivity contribution in [2.45, 2.75) is 13.0 Å². The van der Waals surface area contributed by atoms with Gasteiger partial charge in [-0.15, -0.1) is 5.10 Å². The molecule has 0 bridgehead atoms. The summed E-state index contributed by atoms with van der Waals surface area (Å²) in [5.74, 6) is 3.01. The number of fused-ring (bicyclic) bond motifs is 1. The van der Waals surface area contributed by atoms with Crippen molar-refractivity contribution in [2.24, 2.45) is 0 Å². The van der Waals surface area contributed by atoms with E-state index in [1.807, 2.05) is 18.2 Å². The number of ether oxygens (including phenoxy) is 2. The molecule has 1 atom stereocenters.